The standard InChI is InChI=1S/C14H21NO/c1-5-12-14(15-4)11-8-10(9(2)3)6-7-13(11)16-12/h6-9,12,14-15H,5H2,1-4H3. The molecular formula is C14H21NO. The fourth-order valence-electron chi connectivity index (χ4n) is 2.37. The number of benzene rings is 1. The van der Waals surface area contributed by atoms with E-state index in [0.29, 0.717) is 12.0 Å². The Balaban J connectivity index is 2.37. The zero-order chi connectivity index (χ0) is 11.7. The van der Waals surface area contributed by atoms with Crippen molar-refractivity contribution in [2.24, 2.45) is 0 Å². The van der Waals surface area contributed by atoms with Gasteiger partial charge in [0.25, 0.3) is 0 Å². The predicted molar refractivity (Wildman–Crippen MR) is 67.0 cm³/mol. The molecule has 2 rings (SSSR count). The third-order valence-electron chi connectivity index (χ3n) is 3.40. The molecule has 1 aromatic carbocycles. The Bertz CT molecular complexity index is 373. The van der Waals surface area contributed by atoms with Crippen LogP contribution in [0.3, 0.4) is 0 Å². The molecule has 0 spiro atoms. The van der Waals surface area contributed by atoms with Crippen molar-refractivity contribution in [3.05, 3.63) is 29.3 Å². The first-order chi connectivity index (χ1) is 7.67. The summed E-state index contributed by atoms with van der Waals surface area (Å²) in [5.74, 6) is 1.62. The smallest absolute Gasteiger partial charge is 0.124 e. The number of rotatable bonds is 3. The van der Waals surface area contributed by atoms with Crippen LogP contribution in [0, 0.1) is 0 Å². The Morgan fingerprint density at radius 3 is 2.69 bits per heavy atom. The molecule has 1 heterocycles. The Labute approximate surface area is 98.0 Å². The molecule has 0 saturated carbocycles. The van der Waals surface area contributed by atoms with Crippen LogP contribution in [-0.4, -0.2) is 13.2 Å². The average Bonchev–Trinajstić information content (AvgIpc) is 2.65. The monoisotopic (exact) mass is 219 g/mol. The quantitative estimate of drug-likeness (QED) is 0.842. The van der Waals surface area contributed by atoms with Gasteiger partial charge < -0.3 is 10.1 Å². The number of likely N-dealkylation sites (N-methyl/N-ethyl adjacent to an activating group) is 1. The van der Waals surface area contributed by atoms with Gasteiger partial charge in [0.1, 0.15) is 11.9 Å². The molecule has 0 fully saturated rings. The summed E-state index contributed by atoms with van der Waals surface area (Å²) >= 11 is 0. The Morgan fingerprint density at radius 1 is 1.38 bits per heavy atom. The lowest BCUT2D eigenvalue weighted by Gasteiger charge is -2.16. The van der Waals surface area contributed by atoms with Gasteiger partial charge in [-0.2, -0.15) is 0 Å². The topological polar surface area (TPSA) is 21.3 Å². The molecule has 1 aliphatic heterocycles. The Hall–Kier alpha value is -1.02. The molecule has 1 aliphatic rings. The van der Waals surface area contributed by atoms with Gasteiger partial charge in [0.2, 0.25) is 0 Å². The van der Waals surface area contributed by atoms with Gasteiger partial charge >= 0.3 is 0 Å². The summed E-state index contributed by atoms with van der Waals surface area (Å²) in [5, 5.41) is 3.36. The SMILES string of the molecule is CCC1Oc2ccc(C(C)C)cc2C1NC. The summed E-state index contributed by atoms with van der Waals surface area (Å²) < 4.78 is 5.93. The van der Waals surface area contributed by atoms with Gasteiger partial charge in [-0.15, -0.1) is 0 Å². The molecule has 0 saturated heterocycles. The van der Waals surface area contributed by atoms with E-state index in [0.717, 1.165) is 12.2 Å². The fourth-order valence-corrected chi connectivity index (χ4v) is 2.37. The van der Waals surface area contributed by atoms with Gasteiger partial charge in [-0.1, -0.05) is 32.9 Å². The molecule has 88 valence electrons. The van der Waals surface area contributed by atoms with Crippen LogP contribution in [0.25, 0.3) is 0 Å². The summed E-state index contributed by atoms with van der Waals surface area (Å²) in [7, 11) is 2.01. The summed E-state index contributed by atoms with van der Waals surface area (Å²) in [6.45, 7) is 6.62. The summed E-state index contributed by atoms with van der Waals surface area (Å²) in [4.78, 5) is 0. The van der Waals surface area contributed by atoms with Gasteiger partial charge in [-0.3, -0.25) is 0 Å². The van der Waals surface area contributed by atoms with Crippen molar-refractivity contribution >= 4 is 0 Å². The maximum Gasteiger partial charge on any atom is 0.124 e. The van der Waals surface area contributed by atoms with Gasteiger partial charge in [0, 0.05) is 5.56 Å². The predicted octanol–water partition coefficient (Wildman–Crippen LogP) is 3.24. The largest absolute Gasteiger partial charge is 0.488 e. The maximum absolute atomic E-state index is 5.93. The van der Waals surface area contributed by atoms with Gasteiger partial charge in [-0.25, -0.2) is 0 Å². The fraction of sp³-hybridized carbons (Fsp3) is 0.571. The molecule has 2 heteroatoms. The van der Waals surface area contributed by atoms with Crippen LogP contribution >= 0.6 is 0 Å². The molecule has 0 amide bonds. The molecule has 16 heavy (non-hydrogen) atoms. The van der Waals surface area contributed by atoms with Gasteiger partial charge in [-0.05, 0) is 31.0 Å². The van der Waals surface area contributed by atoms with Crippen LogP contribution in [0.1, 0.15) is 50.3 Å². The Morgan fingerprint density at radius 2 is 2.12 bits per heavy atom. The third kappa shape index (κ3) is 1.82. The van der Waals surface area contributed by atoms with E-state index in [9.17, 15) is 0 Å². The number of hydrogen-bond acceptors (Lipinski definition) is 2. The van der Waals surface area contributed by atoms with E-state index in [1.807, 2.05) is 7.05 Å². The van der Waals surface area contributed by atoms with Crippen LogP contribution < -0.4 is 10.1 Å². The van der Waals surface area contributed by atoms with E-state index in [2.05, 4.69) is 44.3 Å². The lowest BCUT2D eigenvalue weighted by molar-refractivity contribution is 0.189. The van der Waals surface area contributed by atoms with Crippen molar-refractivity contribution in [2.75, 3.05) is 7.05 Å². The van der Waals surface area contributed by atoms with Crippen LogP contribution in [0.2, 0.25) is 0 Å². The minimum Gasteiger partial charge on any atom is -0.488 e. The normalized spacial score (nSPS) is 23.3. The number of fused-ring (bicyclic) bond motifs is 1. The first kappa shape index (κ1) is 11.5. The summed E-state index contributed by atoms with van der Waals surface area (Å²) in [5.41, 5.74) is 2.71. The zero-order valence-corrected chi connectivity index (χ0v) is 10.6. The number of ether oxygens (including phenoxy) is 1. The number of nitrogens with one attached hydrogen (secondary N) is 1. The average molecular weight is 219 g/mol. The van der Waals surface area contributed by atoms with Crippen LogP contribution in [-0.2, 0) is 0 Å². The van der Waals surface area contributed by atoms with E-state index in [1.54, 1.807) is 0 Å². The third-order valence-corrected chi connectivity index (χ3v) is 3.40. The first-order valence-corrected chi connectivity index (χ1v) is 6.15. The van der Waals surface area contributed by atoms with Crippen LogP contribution in [0.15, 0.2) is 18.2 Å². The molecule has 2 atom stereocenters. The van der Waals surface area contributed by atoms with Crippen molar-refractivity contribution in [3.8, 4) is 5.75 Å². The van der Waals surface area contributed by atoms with E-state index in [-0.39, 0.29) is 6.10 Å². The van der Waals surface area contributed by atoms with Crippen LogP contribution in [0.5, 0.6) is 5.75 Å². The van der Waals surface area contributed by atoms with E-state index >= 15 is 0 Å². The van der Waals surface area contributed by atoms with Crippen molar-refractivity contribution in [1.82, 2.24) is 5.32 Å². The minimum absolute atomic E-state index is 0.280. The highest BCUT2D eigenvalue weighted by Gasteiger charge is 2.32. The molecule has 0 aliphatic carbocycles. The van der Waals surface area contributed by atoms with Gasteiger partial charge in [0.15, 0.2) is 0 Å². The van der Waals surface area contributed by atoms with Crippen LogP contribution in [0.4, 0.5) is 0 Å². The zero-order valence-electron chi connectivity index (χ0n) is 10.6. The highest BCUT2D eigenvalue weighted by Crippen LogP contribution is 2.39. The molecule has 0 radical (unpaired) electrons. The molecule has 2 nitrogen and oxygen atoms in total. The molecule has 1 N–H and O–H groups in total. The van der Waals surface area contributed by atoms with Crippen molar-refractivity contribution in [3.63, 3.8) is 0 Å². The molecule has 2 unspecified atom stereocenters. The second-order valence-corrected chi connectivity index (χ2v) is 4.78. The van der Waals surface area contributed by atoms with Gasteiger partial charge in [0.05, 0.1) is 6.04 Å². The molecule has 0 aromatic heterocycles. The van der Waals surface area contributed by atoms with Crippen molar-refractivity contribution in [2.45, 2.75) is 45.3 Å². The second kappa shape index (κ2) is 4.46. The highest BCUT2D eigenvalue weighted by atomic mass is 16.5. The first-order valence-electron chi connectivity index (χ1n) is 6.15. The molecule has 0 bridgehead atoms. The van der Waals surface area contributed by atoms with E-state index in [4.69, 9.17) is 4.74 Å². The van der Waals surface area contributed by atoms with E-state index < -0.39 is 0 Å². The second-order valence-electron chi connectivity index (χ2n) is 4.78. The Kier molecular flexibility index (Phi) is 3.20. The lowest BCUT2D eigenvalue weighted by Crippen LogP contribution is -2.27. The maximum atomic E-state index is 5.93. The highest BCUT2D eigenvalue weighted by molar-refractivity contribution is 5.44. The minimum atomic E-state index is 0.280. The molecular weight excluding hydrogens is 198 g/mol. The summed E-state index contributed by atoms with van der Waals surface area (Å²) in [6, 6.07) is 6.93. The number of hydrogen-bond donors (Lipinski definition) is 1. The molecule has 1 aromatic rings. The lowest BCUT2D eigenvalue weighted by atomic mass is 9.96. The summed E-state index contributed by atoms with van der Waals surface area (Å²) in [6.07, 6.45) is 1.32. The van der Waals surface area contributed by atoms with Crippen molar-refractivity contribution < 1.29 is 4.74 Å². The van der Waals surface area contributed by atoms with Crippen molar-refractivity contribution in [1.29, 1.82) is 0 Å². The van der Waals surface area contributed by atoms with E-state index in [1.165, 1.54) is 11.1 Å².